The topological polar surface area (TPSA) is 49.5 Å². The lowest BCUT2D eigenvalue weighted by molar-refractivity contribution is 0.0934. The van der Waals surface area contributed by atoms with Gasteiger partial charge in [0.2, 0.25) is 0 Å². The molecule has 2 fully saturated rings. The summed E-state index contributed by atoms with van der Waals surface area (Å²) in [5, 5.41) is 9.57. The van der Waals surface area contributed by atoms with Gasteiger partial charge in [-0.2, -0.15) is 0 Å². The predicted octanol–water partition coefficient (Wildman–Crippen LogP) is 2.09. The third-order valence-corrected chi connectivity index (χ3v) is 5.68. The molecule has 2 rings (SSSR count). The van der Waals surface area contributed by atoms with Gasteiger partial charge in [0.1, 0.15) is 0 Å². The molecule has 3 N–H and O–H groups in total. The number of hydrogen-bond acceptors (Lipinski definition) is 3. The van der Waals surface area contributed by atoms with Crippen LogP contribution in [-0.4, -0.2) is 41.8 Å². The van der Waals surface area contributed by atoms with Crippen molar-refractivity contribution < 1.29 is 5.11 Å². The van der Waals surface area contributed by atoms with Crippen molar-refractivity contribution in [3.63, 3.8) is 0 Å². The summed E-state index contributed by atoms with van der Waals surface area (Å²) in [7, 11) is 0. The molecule has 3 heteroatoms. The van der Waals surface area contributed by atoms with Crippen molar-refractivity contribution in [3.05, 3.63) is 0 Å². The summed E-state index contributed by atoms with van der Waals surface area (Å²) in [6.45, 7) is 9.48. The fourth-order valence-corrected chi connectivity index (χ4v) is 4.05. The average molecular weight is 268 g/mol. The van der Waals surface area contributed by atoms with E-state index >= 15 is 0 Å². The maximum Gasteiger partial charge on any atom is 0.0589 e. The van der Waals surface area contributed by atoms with Gasteiger partial charge in [0, 0.05) is 18.6 Å². The minimum atomic E-state index is 0.302. The van der Waals surface area contributed by atoms with Crippen molar-refractivity contribution in [1.82, 2.24) is 4.90 Å². The minimum Gasteiger partial charge on any atom is -0.395 e. The molecule has 0 spiro atoms. The summed E-state index contributed by atoms with van der Waals surface area (Å²) in [4.78, 5) is 2.50. The van der Waals surface area contributed by atoms with Gasteiger partial charge in [0.05, 0.1) is 6.61 Å². The normalized spacial score (nSPS) is 41.1. The van der Waals surface area contributed by atoms with E-state index < -0.39 is 0 Å². The zero-order chi connectivity index (χ0) is 14.0. The molecule has 0 aromatic heterocycles. The number of likely N-dealkylation sites (tertiary alicyclic amines) is 1. The fourth-order valence-electron chi connectivity index (χ4n) is 4.05. The van der Waals surface area contributed by atoms with E-state index in [4.69, 9.17) is 5.73 Å². The number of aliphatic hydroxyl groups excluding tert-OH is 1. The van der Waals surface area contributed by atoms with E-state index in [0.29, 0.717) is 30.5 Å². The minimum absolute atomic E-state index is 0.302. The first-order valence-electron chi connectivity index (χ1n) is 8.13. The molecule has 1 saturated heterocycles. The highest BCUT2D eigenvalue weighted by molar-refractivity contribution is 4.90. The van der Waals surface area contributed by atoms with E-state index in [-0.39, 0.29) is 0 Å². The van der Waals surface area contributed by atoms with Gasteiger partial charge in [-0.25, -0.2) is 0 Å². The van der Waals surface area contributed by atoms with Crippen molar-refractivity contribution in [2.24, 2.45) is 29.4 Å². The Morgan fingerprint density at radius 3 is 2.63 bits per heavy atom. The molecule has 1 heterocycles. The Hall–Kier alpha value is -0.120. The van der Waals surface area contributed by atoms with Gasteiger partial charge < -0.3 is 10.8 Å². The summed E-state index contributed by atoms with van der Waals surface area (Å²) < 4.78 is 0. The predicted molar refractivity (Wildman–Crippen MR) is 79.9 cm³/mol. The molecule has 5 atom stereocenters. The van der Waals surface area contributed by atoms with Crippen LogP contribution in [-0.2, 0) is 0 Å². The molecular formula is C16H32N2O. The van der Waals surface area contributed by atoms with Crippen molar-refractivity contribution in [2.45, 2.75) is 58.5 Å². The first-order valence-corrected chi connectivity index (χ1v) is 8.13. The monoisotopic (exact) mass is 268 g/mol. The first-order chi connectivity index (χ1) is 9.02. The second-order valence-electron chi connectivity index (χ2n) is 7.25. The molecule has 1 saturated carbocycles. The van der Waals surface area contributed by atoms with Crippen LogP contribution in [0.2, 0.25) is 0 Å². The van der Waals surface area contributed by atoms with Gasteiger partial charge >= 0.3 is 0 Å². The molecule has 5 unspecified atom stereocenters. The third-order valence-electron chi connectivity index (χ3n) is 5.68. The molecular weight excluding hydrogens is 236 g/mol. The van der Waals surface area contributed by atoms with Crippen LogP contribution >= 0.6 is 0 Å². The highest BCUT2D eigenvalue weighted by atomic mass is 16.3. The summed E-state index contributed by atoms with van der Waals surface area (Å²) in [5.41, 5.74) is 6.35. The molecule has 0 aromatic carbocycles. The Balaban J connectivity index is 1.93. The molecule has 0 amide bonds. The van der Waals surface area contributed by atoms with Gasteiger partial charge in [-0.05, 0) is 55.9 Å². The fraction of sp³-hybridized carbons (Fsp3) is 1.00. The number of aliphatic hydroxyl groups is 1. The Morgan fingerprint density at radius 2 is 2.00 bits per heavy atom. The van der Waals surface area contributed by atoms with Gasteiger partial charge in [0.25, 0.3) is 0 Å². The van der Waals surface area contributed by atoms with E-state index in [1.165, 1.54) is 25.7 Å². The molecule has 112 valence electrons. The zero-order valence-electron chi connectivity index (χ0n) is 12.9. The summed E-state index contributed by atoms with van der Waals surface area (Å²) in [6, 6.07) is 0.733. The Labute approximate surface area is 118 Å². The lowest BCUT2D eigenvalue weighted by atomic mass is 9.73. The van der Waals surface area contributed by atoms with Gasteiger partial charge in [-0.3, -0.25) is 4.90 Å². The lowest BCUT2D eigenvalue weighted by Crippen LogP contribution is -2.46. The number of nitrogens with zero attached hydrogens (tertiary/aromatic N) is 1. The van der Waals surface area contributed by atoms with Gasteiger partial charge in [-0.15, -0.1) is 0 Å². The maximum absolute atomic E-state index is 9.57. The maximum atomic E-state index is 9.57. The van der Waals surface area contributed by atoms with Crippen molar-refractivity contribution in [2.75, 3.05) is 19.7 Å². The Kier molecular flexibility index (Phi) is 5.27. The van der Waals surface area contributed by atoms with E-state index in [9.17, 15) is 5.11 Å². The lowest BCUT2D eigenvalue weighted by Gasteiger charge is -2.39. The van der Waals surface area contributed by atoms with E-state index in [1.807, 2.05) is 0 Å². The molecule has 2 aliphatic rings. The van der Waals surface area contributed by atoms with Gasteiger partial charge in [0.15, 0.2) is 0 Å². The van der Waals surface area contributed by atoms with Gasteiger partial charge in [-0.1, -0.05) is 20.8 Å². The molecule has 19 heavy (non-hydrogen) atoms. The highest BCUT2D eigenvalue weighted by Crippen LogP contribution is 2.35. The summed E-state index contributed by atoms with van der Waals surface area (Å²) >= 11 is 0. The van der Waals surface area contributed by atoms with Crippen LogP contribution < -0.4 is 5.73 Å². The van der Waals surface area contributed by atoms with Crippen molar-refractivity contribution in [3.8, 4) is 0 Å². The second-order valence-corrected chi connectivity index (χ2v) is 7.25. The summed E-state index contributed by atoms with van der Waals surface area (Å²) in [5.74, 6) is 2.88. The standard InChI is InChI=1S/C16H32N2O/c1-11(2)13-4-5-15(17)14(8-13)9-18-7-6-12(3)16(18)10-19/h11-16,19H,4-10,17H2,1-3H3. The third kappa shape index (κ3) is 3.50. The molecule has 0 aromatic rings. The number of rotatable bonds is 4. The average Bonchev–Trinajstić information content (AvgIpc) is 2.72. The van der Waals surface area contributed by atoms with E-state index in [1.54, 1.807) is 0 Å². The first kappa shape index (κ1) is 15.3. The Bertz CT molecular complexity index is 282. The molecule has 0 radical (unpaired) electrons. The van der Waals surface area contributed by atoms with Crippen LogP contribution in [0.3, 0.4) is 0 Å². The van der Waals surface area contributed by atoms with Crippen molar-refractivity contribution >= 4 is 0 Å². The smallest absolute Gasteiger partial charge is 0.0589 e. The molecule has 1 aliphatic heterocycles. The quantitative estimate of drug-likeness (QED) is 0.821. The van der Waals surface area contributed by atoms with E-state index in [2.05, 4.69) is 25.7 Å². The van der Waals surface area contributed by atoms with Crippen LogP contribution in [0.1, 0.15) is 46.5 Å². The highest BCUT2D eigenvalue weighted by Gasteiger charge is 2.36. The van der Waals surface area contributed by atoms with Crippen LogP contribution in [0, 0.1) is 23.7 Å². The molecule has 3 nitrogen and oxygen atoms in total. The SMILES string of the molecule is CC(C)C1CCC(N)C(CN2CCC(C)C2CO)C1. The number of nitrogens with two attached hydrogens (primary N) is 1. The van der Waals surface area contributed by atoms with E-state index in [0.717, 1.165) is 24.9 Å². The van der Waals surface area contributed by atoms with Crippen LogP contribution in [0.4, 0.5) is 0 Å². The Morgan fingerprint density at radius 1 is 1.26 bits per heavy atom. The largest absolute Gasteiger partial charge is 0.395 e. The second kappa shape index (κ2) is 6.55. The van der Waals surface area contributed by atoms with Crippen LogP contribution in [0.5, 0.6) is 0 Å². The summed E-state index contributed by atoms with van der Waals surface area (Å²) in [6.07, 6.45) is 4.98. The molecule has 1 aliphatic carbocycles. The van der Waals surface area contributed by atoms with Crippen LogP contribution in [0.25, 0.3) is 0 Å². The zero-order valence-corrected chi connectivity index (χ0v) is 12.9. The molecule has 0 bridgehead atoms. The number of hydrogen-bond donors (Lipinski definition) is 2. The van der Waals surface area contributed by atoms with Crippen molar-refractivity contribution in [1.29, 1.82) is 0 Å². The van der Waals surface area contributed by atoms with Crippen LogP contribution in [0.15, 0.2) is 0 Å².